The van der Waals surface area contributed by atoms with Crippen LogP contribution in [0, 0.1) is 5.92 Å². The first-order chi connectivity index (χ1) is 17.6. The van der Waals surface area contributed by atoms with Gasteiger partial charge in [0.15, 0.2) is 5.54 Å². The number of rotatable bonds is 4. The molecule has 0 N–H and O–H groups in total. The second kappa shape index (κ2) is 10.00. The lowest BCUT2D eigenvalue weighted by molar-refractivity contribution is -0.181. The lowest BCUT2D eigenvalue weighted by Crippen LogP contribution is -2.81. The van der Waals surface area contributed by atoms with Crippen molar-refractivity contribution in [2.45, 2.75) is 82.8 Å². The molecule has 2 aliphatic heterocycles. The molecule has 4 rings (SSSR count). The smallest absolute Gasteiger partial charge is 0.416 e. The lowest BCUT2D eigenvalue weighted by Gasteiger charge is -2.58. The summed E-state index contributed by atoms with van der Waals surface area (Å²) < 4.78 is 70.7. The highest BCUT2D eigenvalue weighted by atomic mass is 19.4. The number of alkyl halides is 5. The van der Waals surface area contributed by atoms with Crippen LogP contribution in [0.15, 0.2) is 24.3 Å². The minimum atomic E-state index is -4.51. The zero-order valence-electron chi connectivity index (χ0n) is 21.6. The second-order valence-electron chi connectivity index (χ2n) is 11.4. The highest BCUT2D eigenvalue weighted by Crippen LogP contribution is 2.40. The Morgan fingerprint density at radius 2 is 1.61 bits per heavy atom. The maximum absolute atomic E-state index is 13.9. The number of nitrogens with zero attached hydrogens (tertiary/aromatic N) is 3. The zero-order valence-corrected chi connectivity index (χ0v) is 21.6. The maximum atomic E-state index is 13.9. The van der Waals surface area contributed by atoms with E-state index in [-0.39, 0.29) is 51.0 Å². The van der Waals surface area contributed by atoms with Crippen molar-refractivity contribution in [3.8, 4) is 0 Å². The molecule has 0 aromatic heterocycles. The van der Waals surface area contributed by atoms with Crippen molar-refractivity contribution < 1.29 is 41.1 Å². The van der Waals surface area contributed by atoms with Gasteiger partial charge in [-0.1, -0.05) is 12.1 Å². The molecule has 38 heavy (non-hydrogen) atoms. The lowest BCUT2D eigenvalue weighted by atomic mass is 9.80. The van der Waals surface area contributed by atoms with Gasteiger partial charge in [-0.15, -0.1) is 0 Å². The number of likely N-dealkylation sites (tertiary alicyclic amines) is 1. The Morgan fingerprint density at radius 3 is 2.11 bits per heavy atom. The van der Waals surface area contributed by atoms with Crippen LogP contribution in [0.4, 0.5) is 26.7 Å². The van der Waals surface area contributed by atoms with Crippen LogP contribution in [-0.4, -0.2) is 75.8 Å². The molecule has 1 saturated carbocycles. The Morgan fingerprint density at radius 1 is 1.03 bits per heavy atom. The van der Waals surface area contributed by atoms with Crippen molar-refractivity contribution >= 4 is 17.9 Å². The van der Waals surface area contributed by atoms with E-state index in [1.807, 2.05) is 0 Å². The molecule has 2 heterocycles. The maximum Gasteiger partial charge on any atom is 0.416 e. The minimum Gasteiger partial charge on any atom is -0.444 e. The molecular weight excluding hydrogens is 513 g/mol. The molecule has 3 fully saturated rings. The van der Waals surface area contributed by atoms with Gasteiger partial charge in [-0.2, -0.15) is 13.2 Å². The molecule has 1 spiro atoms. The monoisotopic (exact) mass is 545 g/mol. The minimum absolute atomic E-state index is 0.114. The van der Waals surface area contributed by atoms with Gasteiger partial charge in [0.05, 0.1) is 18.7 Å². The molecular formula is C26H32F5N3O4. The summed E-state index contributed by atoms with van der Waals surface area (Å²) in [7, 11) is 0. The molecule has 3 aliphatic rings. The summed E-state index contributed by atoms with van der Waals surface area (Å²) in [5.41, 5.74) is -2.61. The molecule has 0 atom stereocenters. The van der Waals surface area contributed by atoms with Crippen molar-refractivity contribution in [3.05, 3.63) is 35.4 Å². The van der Waals surface area contributed by atoms with Crippen LogP contribution in [0.3, 0.4) is 0 Å². The highest BCUT2D eigenvalue weighted by molar-refractivity contribution is 6.00. The average molecular weight is 546 g/mol. The third kappa shape index (κ3) is 5.58. The van der Waals surface area contributed by atoms with Crippen LogP contribution >= 0.6 is 0 Å². The third-order valence-electron chi connectivity index (χ3n) is 7.50. The van der Waals surface area contributed by atoms with Gasteiger partial charge < -0.3 is 19.4 Å². The van der Waals surface area contributed by atoms with E-state index in [0.29, 0.717) is 18.4 Å². The first-order valence-electron chi connectivity index (χ1n) is 12.6. The number of amides is 3. The fourth-order valence-corrected chi connectivity index (χ4v) is 5.45. The molecule has 7 nitrogen and oxygen atoms in total. The van der Waals surface area contributed by atoms with Crippen LogP contribution < -0.4 is 0 Å². The zero-order chi connectivity index (χ0) is 28.0. The Hall–Kier alpha value is -2.92. The summed E-state index contributed by atoms with van der Waals surface area (Å²) in [6.45, 7) is 4.47. The van der Waals surface area contributed by atoms with E-state index in [1.54, 1.807) is 20.8 Å². The molecule has 0 radical (unpaired) electrons. The number of hydrogen-bond acceptors (Lipinski definition) is 4. The number of ether oxygens (including phenoxy) is 1. The summed E-state index contributed by atoms with van der Waals surface area (Å²) in [4.78, 5) is 44.0. The van der Waals surface area contributed by atoms with Crippen LogP contribution in [0.1, 0.15) is 57.6 Å². The van der Waals surface area contributed by atoms with Gasteiger partial charge in [0, 0.05) is 18.5 Å². The predicted octanol–water partition coefficient (Wildman–Crippen LogP) is 4.69. The summed E-state index contributed by atoms with van der Waals surface area (Å²) in [5.74, 6) is -1.54. The first kappa shape index (κ1) is 28.1. The summed E-state index contributed by atoms with van der Waals surface area (Å²) >= 11 is 0. The highest BCUT2D eigenvalue weighted by Gasteiger charge is 2.62. The Labute approximate surface area is 217 Å². The number of hydrogen-bond donors (Lipinski definition) is 0. The molecule has 1 aromatic carbocycles. The van der Waals surface area contributed by atoms with Gasteiger partial charge >= 0.3 is 12.3 Å². The third-order valence-corrected chi connectivity index (χ3v) is 7.50. The van der Waals surface area contributed by atoms with E-state index in [9.17, 15) is 36.3 Å². The fourth-order valence-electron chi connectivity index (χ4n) is 5.45. The summed E-state index contributed by atoms with van der Waals surface area (Å²) in [6.07, 6.45) is -6.42. The molecule has 0 unspecified atom stereocenters. The van der Waals surface area contributed by atoms with Crippen LogP contribution in [0.5, 0.6) is 0 Å². The largest absolute Gasteiger partial charge is 0.444 e. The quantitative estimate of drug-likeness (QED) is 0.515. The first-order valence-corrected chi connectivity index (χ1v) is 12.6. The van der Waals surface area contributed by atoms with Gasteiger partial charge in [-0.3, -0.25) is 9.59 Å². The molecule has 2 saturated heterocycles. The molecule has 12 heteroatoms. The Kier molecular flexibility index (Phi) is 7.39. The molecule has 210 valence electrons. The van der Waals surface area contributed by atoms with E-state index in [1.165, 1.54) is 26.8 Å². The van der Waals surface area contributed by atoms with E-state index in [4.69, 9.17) is 4.74 Å². The van der Waals surface area contributed by atoms with Gasteiger partial charge in [0.1, 0.15) is 12.1 Å². The Balaban J connectivity index is 1.57. The van der Waals surface area contributed by atoms with E-state index >= 15 is 0 Å². The molecule has 3 amide bonds. The number of halogens is 5. The molecule has 1 aliphatic carbocycles. The van der Waals surface area contributed by atoms with E-state index in [2.05, 4.69) is 0 Å². The van der Waals surface area contributed by atoms with Crippen molar-refractivity contribution in [2.24, 2.45) is 5.92 Å². The second-order valence-corrected chi connectivity index (χ2v) is 11.4. The van der Waals surface area contributed by atoms with Crippen LogP contribution in [0.2, 0.25) is 0 Å². The van der Waals surface area contributed by atoms with Crippen molar-refractivity contribution in [2.75, 3.05) is 19.6 Å². The fraction of sp³-hybridized carbons (Fsp3) is 0.654. The number of piperazine rings is 1. The van der Waals surface area contributed by atoms with Crippen LogP contribution in [0.25, 0.3) is 0 Å². The summed E-state index contributed by atoms with van der Waals surface area (Å²) in [5, 5.41) is 0. The van der Waals surface area contributed by atoms with Crippen molar-refractivity contribution in [1.29, 1.82) is 0 Å². The van der Waals surface area contributed by atoms with Gasteiger partial charge in [-0.05, 0) is 64.2 Å². The van der Waals surface area contributed by atoms with Gasteiger partial charge in [0.25, 0.3) is 5.91 Å². The molecule has 0 bridgehead atoms. The predicted molar refractivity (Wildman–Crippen MR) is 126 cm³/mol. The average Bonchev–Trinajstić information content (AvgIpc) is 2.79. The van der Waals surface area contributed by atoms with Crippen LogP contribution in [-0.2, 0) is 27.0 Å². The van der Waals surface area contributed by atoms with Gasteiger partial charge in [-0.25, -0.2) is 13.6 Å². The van der Waals surface area contributed by atoms with Crippen molar-refractivity contribution in [1.82, 2.24) is 14.7 Å². The number of carbonyl (C=O) groups excluding carboxylic acids is 3. The van der Waals surface area contributed by atoms with Gasteiger partial charge in [0.2, 0.25) is 12.3 Å². The van der Waals surface area contributed by atoms with E-state index in [0.717, 1.165) is 12.1 Å². The number of carbonyl (C=O) groups is 3. The Bertz CT molecular complexity index is 1060. The van der Waals surface area contributed by atoms with E-state index < -0.39 is 47.2 Å². The molecule has 1 aromatic rings. The normalized spacial score (nSPS) is 24.2. The van der Waals surface area contributed by atoms with Crippen molar-refractivity contribution in [3.63, 3.8) is 0 Å². The summed E-state index contributed by atoms with van der Waals surface area (Å²) in [6, 6.07) is 3.98. The SMILES string of the molecule is CC(C)(C)OC(=O)N1CC2(C1)C(=O)N([C@H]1CC[C@H](C(F)F)CC1)CC(=O)N2Cc1ccc(C(F)(F)F)cc1. The standard InChI is InChI=1S/C26H32F5N3O4/c1-24(2,3)38-23(37)32-14-25(15-32)22(36)33(19-10-6-17(7-11-19)21(27)28)13-20(35)34(25)12-16-4-8-18(9-5-16)26(29,30)31/h4-5,8-9,17,19,21H,6-7,10-15H2,1-3H3/t17-,19-. The topological polar surface area (TPSA) is 70.2 Å². The number of benzene rings is 1.